The molecule has 0 spiro atoms. The van der Waals surface area contributed by atoms with Crippen molar-refractivity contribution in [3.63, 3.8) is 0 Å². The third kappa shape index (κ3) is 4.70. The molecular weight excluding hydrogens is 538 g/mol. The molecule has 180 valence electrons. The van der Waals surface area contributed by atoms with Crippen molar-refractivity contribution in [1.29, 1.82) is 0 Å². The highest BCUT2D eigenvalue weighted by atomic mass is 35.5. The zero-order chi connectivity index (χ0) is 25.4. The van der Waals surface area contributed by atoms with Crippen LogP contribution in [0, 0.1) is 0 Å². The van der Waals surface area contributed by atoms with Gasteiger partial charge in [0.1, 0.15) is 11.5 Å². The van der Waals surface area contributed by atoms with Crippen molar-refractivity contribution in [1.82, 2.24) is 0 Å². The fourth-order valence-electron chi connectivity index (χ4n) is 4.00. The first-order chi connectivity index (χ1) is 17.4. The molecule has 0 aliphatic carbocycles. The Balaban J connectivity index is 1.99. The molecule has 0 amide bonds. The Morgan fingerprint density at radius 2 is 0.889 bits per heavy atom. The van der Waals surface area contributed by atoms with Gasteiger partial charge in [-0.05, 0) is 72.8 Å². The lowest BCUT2D eigenvalue weighted by Gasteiger charge is -2.12. The Hall–Kier alpha value is -3.02. The van der Waals surface area contributed by atoms with Crippen molar-refractivity contribution in [2.24, 2.45) is 9.98 Å². The topological polar surface area (TPSA) is 43.2 Å². The first-order valence-electron chi connectivity index (χ1n) is 10.8. The van der Waals surface area contributed by atoms with Gasteiger partial charge < -0.3 is 9.47 Å². The van der Waals surface area contributed by atoms with Gasteiger partial charge in [-0.2, -0.15) is 0 Å². The van der Waals surface area contributed by atoms with Gasteiger partial charge in [0, 0.05) is 31.6 Å². The fraction of sp³-hybridized carbons (Fsp3) is 0.0714. The molecule has 1 aliphatic heterocycles. The van der Waals surface area contributed by atoms with Gasteiger partial charge in [0.15, 0.2) is 0 Å². The van der Waals surface area contributed by atoms with Crippen molar-refractivity contribution < 1.29 is 9.47 Å². The summed E-state index contributed by atoms with van der Waals surface area (Å²) >= 11 is 26.4. The molecule has 5 rings (SSSR count). The highest BCUT2D eigenvalue weighted by Crippen LogP contribution is 2.22. The van der Waals surface area contributed by atoms with E-state index in [1.54, 1.807) is 38.5 Å². The molecule has 0 N–H and O–H groups in total. The summed E-state index contributed by atoms with van der Waals surface area (Å²) in [5.74, 6) is 1.44. The summed E-state index contributed by atoms with van der Waals surface area (Å²) in [6, 6.07) is 22.0. The minimum atomic E-state index is 0.390. The van der Waals surface area contributed by atoms with E-state index in [4.69, 9.17) is 65.9 Å². The fourth-order valence-corrected chi connectivity index (χ4v) is 5.07. The highest BCUT2D eigenvalue weighted by molar-refractivity contribution is 6.35. The number of nitrogens with zero attached hydrogens (tertiary/aromatic N) is 2. The van der Waals surface area contributed by atoms with E-state index < -0.39 is 0 Å². The molecule has 0 saturated carbocycles. The number of ether oxygens (including phenoxy) is 2. The second-order valence-electron chi connectivity index (χ2n) is 7.95. The predicted molar refractivity (Wildman–Crippen MR) is 145 cm³/mol. The van der Waals surface area contributed by atoms with Crippen LogP contribution in [0.15, 0.2) is 82.8 Å². The zero-order valence-electron chi connectivity index (χ0n) is 19.2. The minimum absolute atomic E-state index is 0.390. The molecule has 1 aliphatic rings. The molecule has 0 unspecified atom stereocenters. The summed E-state index contributed by atoms with van der Waals surface area (Å²) in [7, 11) is 3.23. The smallest absolute Gasteiger partial charge is 0.118 e. The average molecular weight is 556 g/mol. The van der Waals surface area contributed by atoms with E-state index in [2.05, 4.69) is 0 Å². The Bertz CT molecular complexity index is 1600. The number of halogens is 4. The van der Waals surface area contributed by atoms with Crippen molar-refractivity contribution in [2.45, 2.75) is 0 Å². The molecular formula is C28H18Cl4N2O2. The standard InChI is InChI=1S/C28H18Cl4N2O2/c1-35-19-7-3-15(4-8-19)25-21-11-17(29)13-23(31)27(21)34-26(16-5-9-20(36-2)10-6-16)22-12-18(30)14-24(32)28(22)33-25/h3-14H,1-2H3/b25-21-,26-22-,33-25?,33-28-,34-26?,34-27-. The Labute approximate surface area is 227 Å². The summed E-state index contributed by atoms with van der Waals surface area (Å²) < 4.78 is 10.7. The lowest BCUT2D eigenvalue weighted by molar-refractivity contribution is 0.414. The van der Waals surface area contributed by atoms with E-state index in [1.165, 1.54) is 0 Å². The van der Waals surface area contributed by atoms with Crippen LogP contribution in [-0.4, -0.2) is 14.2 Å². The molecule has 4 nitrogen and oxygen atoms in total. The maximum absolute atomic E-state index is 6.73. The van der Waals surface area contributed by atoms with Crippen LogP contribution in [0.5, 0.6) is 11.5 Å². The summed E-state index contributed by atoms with van der Waals surface area (Å²) in [5, 5.41) is 4.10. The van der Waals surface area contributed by atoms with Crippen LogP contribution in [-0.2, 0) is 0 Å². The number of hydrogen-bond acceptors (Lipinski definition) is 4. The molecule has 4 aromatic carbocycles. The van der Waals surface area contributed by atoms with Crippen LogP contribution in [0.4, 0.5) is 0 Å². The van der Waals surface area contributed by atoms with E-state index in [9.17, 15) is 0 Å². The molecule has 0 fully saturated rings. The van der Waals surface area contributed by atoms with E-state index in [0.29, 0.717) is 52.6 Å². The quantitative estimate of drug-likeness (QED) is 0.330. The molecule has 1 heterocycles. The number of hydrogen-bond donors (Lipinski definition) is 0. The normalized spacial score (nSPS) is 17.4. The molecule has 0 saturated heterocycles. The van der Waals surface area contributed by atoms with Gasteiger partial charge in [0.25, 0.3) is 0 Å². The number of rotatable bonds is 4. The molecule has 0 aromatic heterocycles. The highest BCUT2D eigenvalue weighted by Gasteiger charge is 2.15. The first-order valence-corrected chi connectivity index (χ1v) is 12.3. The minimum Gasteiger partial charge on any atom is -0.497 e. The maximum atomic E-state index is 6.73. The van der Waals surface area contributed by atoms with Crippen molar-refractivity contribution in [3.8, 4) is 11.5 Å². The van der Waals surface area contributed by atoms with Gasteiger partial charge in [-0.1, -0.05) is 46.4 Å². The molecule has 0 radical (unpaired) electrons. The van der Waals surface area contributed by atoms with Crippen LogP contribution in [0.1, 0.15) is 11.1 Å². The number of fused-ring (bicyclic) bond motifs is 2. The second-order valence-corrected chi connectivity index (χ2v) is 9.63. The van der Waals surface area contributed by atoms with Crippen molar-refractivity contribution in [3.05, 3.63) is 125 Å². The van der Waals surface area contributed by atoms with Crippen LogP contribution in [0.25, 0.3) is 11.4 Å². The van der Waals surface area contributed by atoms with E-state index >= 15 is 0 Å². The average Bonchev–Trinajstić information content (AvgIpc) is 2.86. The van der Waals surface area contributed by atoms with E-state index in [-0.39, 0.29) is 0 Å². The van der Waals surface area contributed by atoms with Crippen LogP contribution < -0.4 is 30.6 Å². The van der Waals surface area contributed by atoms with Gasteiger partial charge in [-0.3, -0.25) is 0 Å². The Morgan fingerprint density at radius 1 is 0.528 bits per heavy atom. The molecule has 4 aromatic rings. The van der Waals surface area contributed by atoms with Crippen molar-refractivity contribution in [2.75, 3.05) is 14.2 Å². The first kappa shape index (κ1) is 24.7. The summed E-state index contributed by atoms with van der Waals surface area (Å²) in [6.07, 6.45) is 0. The van der Waals surface area contributed by atoms with Gasteiger partial charge in [-0.25, -0.2) is 9.98 Å². The van der Waals surface area contributed by atoms with Gasteiger partial charge in [-0.15, -0.1) is 0 Å². The van der Waals surface area contributed by atoms with Crippen LogP contribution >= 0.6 is 46.4 Å². The Kier molecular flexibility index (Phi) is 6.96. The molecule has 0 atom stereocenters. The lowest BCUT2D eigenvalue weighted by atomic mass is 10.1. The zero-order valence-corrected chi connectivity index (χ0v) is 22.2. The SMILES string of the molecule is COc1ccc(C2=c3\cc(Cl)cc(Cl)\c3=N/C(c3ccc(OC)cc3)=c3/cc(Cl)cc(Cl)/c3=N\2)cc1. The van der Waals surface area contributed by atoms with E-state index in [1.807, 2.05) is 48.5 Å². The molecule has 0 bridgehead atoms. The summed E-state index contributed by atoms with van der Waals surface area (Å²) in [4.78, 5) is 10.1. The maximum Gasteiger partial charge on any atom is 0.118 e. The Morgan fingerprint density at radius 3 is 1.22 bits per heavy atom. The third-order valence-electron chi connectivity index (χ3n) is 5.74. The predicted octanol–water partition coefficient (Wildman–Crippen LogP) is 5.58. The van der Waals surface area contributed by atoms with Crippen molar-refractivity contribution >= 4 is 57.8 Å². The summed E-state index contributed by atoms with van der Waals surface area (Å²) in [6.45, 7) is 0. The lowest BCUT2D eigenvalue weighted by Crippen LogP contribution is -2.36. The van der Waals surface area contributed by atoms with Gasteiger partial charge in [0.2, 0.25) is 0 Å². The summed E-state index contributed by atoms with van der Waals surface area (Å²) in [5.41, 5.74) is 2.85. The molecule has 36 heavy (non-hydrogen) atoms. The largest absolute Gasteiger partial charge is 0.497 e. The van der Waals surface area contributed by atoms with Crippen LogP contribution in [0.3, 0.4) is 0 Å². The van der Waals surface area contributed by atoms with Gasteiger partial charge >= 0.3 is 0 Å². The van der Waals surface area contributed by atoms with E-state index in [0.717, 1.165) is 22.6 Å². The second kappa shape index (κ2) is 10.2. The van der Waals surface area contributed by atoms with Crippen LogP contribution in [0.2, 0.25) is 20.1 Å². The monoisotopic (exact) mass is 554 g/mol. The molecule has 8 heteroatoms. The number of methoxy groups -OCH3 is 2. The third-order valence-corrected chi connectivity index (χ3v) is 6.75. The number of benzene rings is 4. The van der Waals surface area contributed by atoms with Gasteiger partial charge in [0.05, 0.1) is 46.4 Å².